The van der Waals surface area contributed by atoms with Crippen LogP contribution in [0.25, 0.3) is 17.3 Å². The molecule has 0 amide bonds. The fourth-order valence-corrected chi connectivity index (χ4v) is 5.82. The number of hydrogen-bond donors (Lipinski definition) is 1. The van der Waals surface area contributed by atoms with Gasteiger partial charge in [-0.3, -0.25) is 9.29 Å². The van der Waals surface area contributed by atoms with E-state index < -0.39 is 27.2 Å². The Balaban J connectivity index is 1.54. The predicted octanol–water partition coefficient (Wildman–Crippen LogP) is 2.51. The first kappa shape index (κ1) is 26.4. The van der Waals surface area contributed by atoms with Gasteiger partial charge in [-0.05, 0) is 30.7 Å². The van der Waals surface area contributed by atoms with Gasteiger partial charge in [-0.1, -0.05) is 6.07 Å². The second-order valence-electron chi connectivity index (χ2n) is 8.64. The highest BCUT2D eigenvalue weighted by Gasteiger charge is 2.38. The van der Waals surface area contributed by atoms with Crippen LogP contribution in [0.2, 0.25) is 0 Å². The zero-order valence-corrected chi connectivity index (χ0v) is 22.1. The molecule has 1 aliphatic heterocycles. The Labute approximate surface area is 223 Å². The number of ether oxygens (including phenoxy) is 3. The average Bonchev–Trinajstić information content (AvgIpc) is 3.62. The number of anilines is 2. The van der Waals surface area contributed by atoms with Gasteiger partial charge in [0.05, 0.1) is 39.0 Å². The summed E-state index contributed by atoms with van der Waals surface area (Å²) in [5.74, 6) is 0.841. The molecule has 0 saturated carbocycles. The lowest BCUT2D eigenvalue weighted by Gasteiger charge is -2.36. The number of aromatic nitrogens is 5. The summed E-state index contributed by atoms with van der Waals surface area (Å²) in [7, 11) is 0.375. The van der Waals surface area contributed by atoms with E-state index in [4.69, 9.17) is 18.6 Å². The van der Waals surface area contributed by atoms with Gasteiger partial charge < -0.3 is 23.5 Å². The molecular weight excluding hydrogens is 533 g/mol. The first-order valence-electron chi connectivity index (χ1n) is 11.8. The largest absolute Gasteiger partial charge is 0.494 e. The number of benzene rings is 1. The fraction of sp³-hybridized carbons (Fsp3) is 0.333. The van der Waals surface area contributed by atoms with Crippen molar-refractivity contribution >= 4 is 21.9 Å². The smallest absolute Gasteiger partial charge is 0.243 e. The molecule has 4 heterocycles. The number of piperidine rings is 1. The van der Waals surface area contributed by atoms with Gasteiger partial charge in [0, 0.05) is 20.2 Å². The number of furan rings is 1. The van der Waals surface area contributed by atoms with E-state index in [9.17, 15) is 12.8 Å². The molecule has 1 aliphatic rings. The maximum atomic E-state index is 13.8. The van der Waals surface area contributed by atoms with Crippen molar-refractivity contribution in [3.63, 3.8) is 0 Å². The Hall–Kier alpha value is -4.24. The quantitative estimate of drug-likeness (QED) is 0.323. The number of methoxy groups -OCH3 is 3. The molecule has 5 rings (SSSR count). The molecule has 0 unspecified atom stereocenters. The minimum Gasteiger partial charge on any atom is -0.494 e. The molecule has 3 aromatic heterocycles. The van der Waals surface area contributed by atoms with Crippen LogP contribution in [0.3, 0.4) is 0 Å². The summed E-state index contributed by atoms with van der Waals surface area (Å²) in [5, 5.41) is 7.40. The van der Waals surface area contributed by atoms with Crippen molar-refractivity contribution in [3.8, 4) is 28.8 Å². The van der Waals surface area contributed by atoms with Crippen LogP contribution in [0, 0.1) is 5.82 Å². The van der Waals surface area contributed by atoms with Crippen LogP contribution in [0.5, 0.6) is 11.5 Å². The minimum atomic E-state index is -4.09. The first-order valence-corrected chi connectivity index (χ1v) is 13.4. The molecule has 15 heteroatoms. The van der Waals surface area contributed by atoms with Crippen molar-refractivity contribution in [3.05, 3.63) is 54.8 Å². The Morgan fingerprint density at radius 1 is 1.03 bits per heavy atom. The van der Waals surface area contributed by atoms with E-state index in [-0.39, 0.29) is 30.7 Å². The molecule has 4 aromatic rings. The van der Waals surface area contributed by atoms with Crippen LogP contribution in [-0.4, -0.2) is 78.9 Å². The van der Waals surface area contributed by atoms with Crippen LogP contribution >= 0.6 is 0 Å². The first-order chi connectivity index (χ1) is 18.8. The number of rotatable bonds is 9. The fourth-order valence-electron chi connectivity index (χ4n) is 4.43. The standard InChI is InChI=1S/C24H26FN7O6S/c1-35-16-10-17(14-31(13-16)23-26-11-15(25)12-27-23)39(33,34)30-24-29-28-22(20-8-5-9-38-20)32(24)21-18(36-2)6-4-7-19(21)37-3/h4-9,11-12,16-17H,10,13-14H2,1-3H3,(H,29,30)/t16-,17+/m0/s1. The summed E-state index contributed by atoms with van der Waals surface area (Å²) in [5.41, 5.74) is 0.372. The van der Waals surface area contributed by atoms with E-state index >= 15 is 0 Å². The van der Waals surface area contributed by atoms with Crippen molar-refractivity contribution in [2.24, 2.45) is 0 Å². The third-order valence-corrected chi connectivity index (χ3v) is 7.99. The highest BCUT2D eigenvalue weighted by molar-refractivity contribution is 7.93. The maximum Gasteiger partial charge on any atom is 0.243 e. The second kappa shape index (κ2) is 10.9. The number of nitrogens with one attached hydrogen (secondary N) is 1. The van der Waals surface area contributed by atoms with Gasteiger partial charge in [-0.2, -0.15) is 0 Å². The van der Waals surface area contributed by atoms with Gasteiger partial charge in [0.15, 0.2) is 11.6 Å². The molecule has 0 bridgehead atoms. The SMILES string of the molecule is COc1cccc(OC)c1-n1c(NS(=O)(=O)[C@@H]2C[C@H](OC)CN(c3ncc(F)cn3)C2)nnc1-c1ccco1. The van der Waals surface area contributed by atoms with Crippen molar-refractivity contribution in [2.45, 2.75) is 17.8 Å². The molecule has 206 valence electrons. The molecule has 39 heavy (non-hydrogen) atoms. The van der Waals surface area contributed by atoms with Gasteiger partial charge >= 0.3 is 0 Å². The Morgan fingerprint density at radius 3 is 2.36 bits per heavy atom. The predicted molar refractivity (Wildman–Crippen MR) is 138 cm³/mol. The normalized spacial score (nSPS) is 17.7. The Morgan fingerprint density at radius 2 is 1.74 bits per heavy atom. The number of sulfonamides is 1. The summed E-state index contributed by atoms with van der Waals surface area (Å²) >= 11 is 0. The van der Waals surface area contributed by atoms with Gasteiger partial charge in [-0.25, -0.2) is 22.8 Å². The molecule has 1 saturated heterocycles. The molecule has 0 spiro atoms. The Kier molecular flexibility index (Phi) is 7.34. The summed E-state index contributed by atoms with van der Waals surface area (Å²) in [6.45, 7) is 0.378. The van der Waals surface area contributed by atoms with Crippen LogP contribution in [0.4, 0.5) is 16.3 Å². The van der Waals surface area contributed by atoms with Crippen LogP contribution in [-0.2, 0) is 14.8 Å². The van der Waals surface area contributed by atoms with Crippen LogP contribution in [0.1, 0.15) is 6.42 Å². The molecule has 1 N–H and O–H groups in total. The van der Waals surface area contributed by atoms with Crippen molar-refractivity contribution in [2.75, 3.05) is 44.0 Å². The van der Waals surface area contributed by atoms with Gasteiger partial charge in [0.1, 0.15) is 22.4 Å². The molecule has 0 radical (unpaired) electrons. The molecule has 1 aromatic carbocycles. The molecule has 2 atom stereocenters. The van der Waals surface area contributed by atoms with Gasteiger partial charge in [0.2, 0.25) is 27.7 Å². The van der Waals surface area contributed by atoms with E-state index in [0.717, 1.165) is 12.4 Å². The molecule has 1 fully saturated rings. The number of hydrogen-bond acceptors (Lipinski definition) is 11. The maximum absolute atomic E-state index is 13.8. The lowest BCUT2D eigenvalue weighted by molar-refractivity contribution is 0.0898. The highest BCUT2D eigenvalue weighted by atomic mass is 32.2. The summed E-state index contributed by atoms with van der Waals surface area (Å²) < 4.78 is 67.1. The van der Waals surface area contributed by atoms with E-state index in [1.807, 2.05) is 0 Å². The summed E-state index contributed by atoms with van der Waals surface area (Å²) in [6, 6.07) is 8.49. The van der Waals surface area contributed by atoms with Gasteiger partial charge in [0.25, 0.3) is 0 Å². The van der Waals surface area contributed by atoms with Crippen molar-refractivity contribution in [1.82, 2.24) is 24.7 Å². The minimum absolute atomic E-state index is 0.0397. The Bertz CT molecular complexity index is 1510. The highest BCUT2D eigenvalue weighted by Crippen LogP contribution is 2.38. The zero-order chi connectivity index (χ0) is 27.6. The molecule has 13 nitrogen and oxygen atoms in total. The monoisotopic (exact) mass is 559 g/mol. The number of nitrogens with zero attached hydrogens (tertiary/aromatic N) is 6. The second-order valence-corrected chi connectivity index (χ2v) is 10.6. The van der Waals surface area contributed by atoms with E-state index in [2.05, 4.69) is 24.9 Å². The molecular formula is C24H26FN7O6S. The van der Waals surface area contributed by atoms with Crippen LogP contribution < -0.4 is 19.1 Å². The zero-order valence-electron chi connectivity index (χ0n) is 21.3. The van der Waals surface area contributed by atoms with E-state index in [1.54, 1.807) is 35.2 Å². The van der Waals surface area contributed by atoms with Crippen LogP contribution in [0.15, 0.2) is 53.4 Å². The lowest BCUT2D eigenvalue weighted by atomic mass is 10.1. The summed E-state index contributed by atoms with van der Waals surface area (Å²) in [6.07, 6.45) is 3.27. The van der Waals surface area contributed by atoms with E-state index in [1.165, 1.54) is 32.2 Å². The molecule has 0 aliphatic carbocycles. The average molecular weight is 560 g/mol. The van der Waals surface area contributed by atoms with Crippen molar-refractivity contribution < 1.29 is 31.4 Å². The summed E-state index contributed by atoms with van der Waals surface area (Å²) in [4.78, 5) is 9.64. The topological polar surface area (TPSA) is 147 Å². The lowest BCUT2D eigenvalue weighted by Crippen LogP contribution is -2.51. The van der Waals surface area contributed by atoms with Gasteiger partial charge in [-0.15, -0.1) is 10.2 Å². The number of halogens is 1. The van der Waals surface area contributed by atoms with Crippen molar-refractivity contribution in [1.29, 1.82) is 0 Å². The third kappa shape index (κ3) is 5.22. The third-order valence-electron chi connectivity index (χ3n) is 6.30. The van der Waals surface area contributed by atoms with E-state index in [0.29, 0.717) is 29.5 Å². The number of para-hydroxylation sites is 1.